The third-order valence-corrected chi connectivity index (χ3v) is 7.83. The summed E-state index contributed by atoms with van der Waals surface area (Å²) in [7, 11) is 0. The van der Waals surface area contributed by atoms with E-state index in [4.69, 9.17) is 0 Å². The predicted molar refractivity (Wildman–Crippen MR) is 130 cm³/mol. The summed E-state index contributed by atoms with van der Waals surface area (Å²) in [4.78, 5) is 32.0. The molecule has 2 fully saturated rings. The second kappa shape index (κ2) is 9.63. The maximum atomic E-state index is 13.2. The molecule has 32 heavy (non-hydrogen) atoms. The van der Waals surface area contributed by atoms with Crippen LogP contribution in [0.3, 0.4) is 0 Å². The summed E-state index contributed by atoms with van der Waals surface area (Å²) in [6, 6.07) is 10.6. The molecule has 0 bridgehead atoms. The van der Waals surface area contributed by atoms with Crippen molar-refractivity contribution in [3.05, 3.63) is 52.2 Å². The molecule has 1 aromatic carbocycles. The van der Waals surface area contributed by atoms with Crippen LogP contribution in [-0.4, -0.2) is 53.5 Å². The van der Waals surface area contributed by atoms with Crippen LogP contribution in [0.5, 0.6) is 0 Å². The number of hydrogen-bond donors (Lipinski definition) is 1. The Labute approximate surface area is 195 Å². The Bertz CT molecular complexity index is 918. The number of benzene rings is 1. The fourth-order valence-corrected chi connectivity index (χ4v) is 5.69. The van der Waals surface area contributed by atoms with Crippen molar-refractivity contribution < 1.29 is 9.59 Å². The molecule has 0 unspecified atom stereocenters. The van der Waals surface area contributed by atoms with Crippen molar-refractivity contribution in [3.63, 3.8) is 0 Å². The zero-order valence-corrected chi connectivity index (χ0v) is 20.2. The maximum absolute atomic E-state index is 13.2. The topological polar surface area (TPSA) is 55.9 Å². The van der Waals surface area contributed by atoms with Gasteiger partial charge < -0.3 is 10.2 Å². The summed E-state index contributed by atoms with van der Waals surface area (Å²) in [5.41, 5.74) is 2.79. The van der Waals surface area contributed by atoms with Crippen LogP contribution in [0.4, 0.5) is 10.5 Å². The molecule has 3 amide bonds. The van der Waals surface area contributed by atoms with Gasteiger partial charge in [-0.15, -0.1) is 0 Å². The first-order valence-corrected chi connectivity index (χ1v) is 12.6. The molecular formula is C25H34N4O2S. The molecule has 0 spiro atoms. The van der Waals surface area contributed by atoms with Gasteiger partial charge in [-0.05, 0) is 92.7 Å². The quantitative estimate of drug-likeness (QED) is 0.604. The second-order valence-electron chi connectivity index (χ2n) is 9.04. The number of hydrogen-bond acceptors (Lipinski definition) is 5. The number of thiophene rings is 1. The lowest BCUT2D eigenvalue weighted by molar-refractivity contribution is -0.133. The molecule has 172 valence electrons. The second-order valence-corrected chi connectivity index (χ2v) is 9.82. The van der Waals surface area contributed by atoms with Gasteiger partial charge in [-0.25, -0.2) is 4.79 Å². The van der Waals surface area contributed by atoms with Crippen LogP contribution < -0.4 is 10.2 Å². The average Bonchev–Trinajstić information content (AvgIpc) is 3.39. The van der Waals surface area contributed by atoms with Gasteiger partial charge in [0.2, 0.25) is 0 Å². The smallest absolute Gasteiger partial charge is 0.325 e. The molecule has 6 nitrogen and oxygen atoms in total. The maximum Gasteiger partial charge on any atom is 0.325 e. The molecule has 2 aromatic rings. The van der Waals surface area contributed by atoms with E-state index in [0.29, 0.717) is 6.54 Å². The third-order valence-electron chi connectivity index (χ3n) is 7.10. The Morgan fingerprint density at radius 3 is 2.31 bits per heavy atom. The van der Waals surface area contributed by atoms with E-state index in [1.54, 1.807) is 11.3 Å². The normalized spacial score (nSPS) is 22.4. The first-order chi connectivity index (χ1) is 15.4. The summed E-state index contributed by atoms with van der Waals surface area (Å²) in [6.07, 6.45) is 1.82. The summed E-state index contributed by atoms with van der Waals surface area (Å²) < 4.78 is 0. The van der Waals surface area contributed by atoms with Gasteiger partial charge in [0, 0.05) is 25.3 Å². The lowest BCUT2D eigenvalue weighted by Crippen LogP contribution is -2.53. The molecule has 3 heterocycles. The Morgan fingerprint density at radius 2 is 1.72 bits per heavy atom. The lowest BCUT2D eigenvalue weighted by atomic mass is 9.79. The minimum atomic E-state index is -0.801. The average molecular weight is 455 g/mol. The lowest BCUT2D eigenvalue weighted by Gasteiger charge is -2.39. The van der Waals surface area contributed by atoms with Gasteiger partial charge in [0.1, 0.15) is 5.54 Å². The van der Waals surface area contributed by atoms with Crippen LogP contribution in [0.1, 0.15) is 44.7 Å². The van der Waals surface area contributed by atoms with Crippen LogP contribution in [0.25, 0.3) is 0 Å². The van der Waals surface area contributed by atoms with Crippen molar-refractivity contribution in [3.8, 4) is 0 Å². The molecule has 4 rings (SSSR count). The summed E-state index contributed by atoms with van der Waals surface area (Å²) in [6.45, 7) is 11.5. The zero-order valence-electron chi connectivity index (χ0n) is 19.3. The molecular weight excluding hydrogens is 420 g/mol. The number of urea groups is 1. The molecule has 0 radical (unpaired) electrons. The first kappa shape index (κ1) is 22.8. The van der Waals surface area contributed by atoms with E-state index >= 15 is 0 Å². The fraction of sp³-hybridized carbons (Fsp3) is 0.520. The molecule has 0 aliphatic carbocycles. The first-order valence-electron chi connectivity index (χ1n) is 11.7. The van der Waals surface area contributed by atoms with Crippen molar-refractivity contribution in [2.24, 2.45) is 5.92 Å². The van der Waals surface area contributed by atoms with Gasteiger partial charge in [-0.1, -0.05) is 12.1 Å². The van der Waals surface area contributed by atoms with Gasteiger partial charge in [-0.3, -0.25) is 14.6 Å². The number of nitrogens with one attached hydrogen (secondary N) is 1. The number of imide groups is 1. The Hall–Kier alpha value is -2.38. The summed E-state index contributed by atoms with van der Waals surface area (Å²) in [5.74, 6) is 0.0758. The molecule has 1 atom stereocenters. The van der Waals surface area contributed by atoms with E-state index in [0.717, 1.165) is 51.1 Å². The molecule has 2 aliphatic rings. The summed E-state index contributed by atoms with van der Waals surface area (Å²) >= 11 is 1.58. The van der Waals surface area contributed by atoms with E-state index < -0.39 is 5.54 Å². The number of piperidine rings is 1. The highest BCUT2D eigenvalue weighted by Crippen LogP contribution is 2.34. The highest BCUT2D eigenvalue weighted by atomic mass is 32.1. The fourth-order valence-electron chi connectivity index (χ4n) is 5.03. The zero-order chi connectivity index (χ0) is 22.7. The molecule has 7 heteroatoms. The largest absolute Gasteiger partial charge is 0.372 e. The van der Waals surface area contributed by atoms with E-state index in [-0.39, 0.29) is 17.9 Å². The number of anilines is 1. The Balaban J connectivity index is 1.33. The van der Waals surface area contributed by atoms with Crippen LogP contribution in [-0.2, 0) is 17.9 Å². The number of amides is 3. The SMILES string of the molecule is CCN(CC)c1ccc(CN2CCC([C@]3(C)NC(=O)N(Cc4ccsc4)C3=O)CC2)cc1. The van der Waals surface area contributed by atoms with E-state index in [2.05, 4.69) is 53.2 Å². The number of nitrogens with zero attached hydrogens (tertiary/aromatic N) is 3. The van der Waals surface area contributed by atoms with Gasteiger partial charge in [0.15, 0.2) is 0 Å². The highest BCUT2D eigenvalue weighted by molar-refractivity contribution is 7.07. The number of rotatable bonds is 8. The molecule has 0 saturated carbocycles. The van der Waals surface area contributed by atoms with Crippen LogP contribution in [0.2, 0.25) is 0 Å². The minimum Gasteiger partial charge on any atom is -0.372 e. The minimum absolute atomic E-state index is 0.0841. The van der Waals surface area contributed by atoms with Gasteiger partial charge >= 0.3 is 6.03 Å². The van der Waals surface area contributed by atoms with Crippen LogP contribution in [0.15, 0.2) is 41.1 Å². The van der Waals surface area contributed by atoms with Crippen LogP contribution in [0, 0.1) is 5.92 Å². The van der Waals surface area contributed by atoms with Gasteiger partial charge in [-0.2, -0.15) is 11.3 Å². The van der Waals surface area contributed by atoms with Gasteiger partial charge in [0.05, 0.1) is 6.54 Å². The highest BCUT2D eigenvalue weighted by Gasteiger charge is 2.52. The third kappa shape index (κ3) is 4.55. The van der Waals surface area contributed by atoms with Crippen molar-refractivity contribution in [2.75, 3.05) is 31.1 Å². The van der Waals surface area contributed by atoms with E-state index in [9.17, 15) is 9.59 Å². The number of carbonyl (C=O) groups is 2. The van der Waals surface area contributed by atoms with E-state index in [1.165, 1.54) is 16.2 Å². The predicted octanol–water partition coefficient (Wildman–Crippen LogP) is 4.32. The van der Waals surface area contributed by atoms with Crippen molar-refractivity contribution in [1.29, 1.82) is 0 Å². The molecule has 1 aromatic heterocycles. The Morgan fingerprint density at radius 1 is 1.03 bits per heavy atom. The Kier molecular flexibility index (Phi) is 6.86. The number of likely N-dealkylation sites (tertiary alicyclic amines) is 1. The summed E-state index contributed by atoms with van der Waals surface area (Å²) in [5, 5.41) is 6.98. The monoisotopic (exact) mass is 454 g/mol. The standard InChI is InChI=1S/C25H34N4O2S/c1-4-28(5-2)22-8-6-19(7-9-22)16-27-13-10-21(11-14-27)25(3)23(30)29(24(31)26-25)17-20-12-15-32-18-20/h6-9,12,15,18,21H,4-5,10-11,13-14,16-17H2,1-3H3,(H,26,31)/t25-/m0/s1. The number of carbonyl (C=O) groups excluding carboxylic acids is 2. The van der Waals surface area contributed by atoms with Gasteiger partial charge in [0.25, 0.3) is 5.91 Å². The van der Waals surface area contributed by atoms with Crippen molar-refractivity contribution in [2.45, 2.75) is 52.2 Å². The molecule has 1 N–H and O–H groups in total. The van der Waals surface area contributed by atoms with Crippen LogP contribution >= 0.6 is 11.3 Å². The van der Waals surface area contributed by atoms with Crippen molar-refractivity contribution in [1.82, 2.24) is 15.1 Å². The molecule has 2 saturated heterocycles. The molecule has 2 aliphatic heterocycles. The van der Waals surface area contributed by atoms with E-state index in [1.807, 2.05) is 23.8 Å². The van der Waals surface area contributed by atoms with Crippen molar-refractivity contribution >= 4 is 29.0 Å².